The molecule has 14 heavy (non-hydrogen) atoms. The maximum Gasteiger partial charge on any atom is 0.589 e. The zero-order valence-corrected chi connectivity index (χ0v) is 8.44. The second kappa shape index (κ2) is 4.36. The van der Waals surface area contributed by atoms with Crippen LogP contribution in [-0.2, 0) is 0 Å². The van der Waals surface area contributed by atoms with Crippen molar-refractivity contribution in [2.75, 3.05) is 7.05 Å². The number of nitrogens with two attached hydrogens (primary N) is 1. The van der Waals surface area contributed by atoms with Gasteiger partial charge in [0.1, 0.15) is 13.2 Å². The zero-order chi connectivity index (χ0) is 10.6. The van der Waals surface area contributed by atoms with Gasteiger partial charge >= 0.3 is 5.96 Å². The van der Waals surface area contributed by atoms with Crippen molar-refractivity contribution < 1.29 is 9.14 Å². The standard InChI is InChI=1S/C9H13N5/c1-4-13(3)9(12-6-10)14-7-11-5-8(14)2/h4-7,10H,1H2,2-3H3/p+2. The Bertz CT molecular complexity index is 386. The molecule has 0 aliphatic carbocycles. The maximum absolute atomic E-state index is 5.28. The summed E-state index contributed by atoms with van der Waals surface area (Å²) in [6.07, 6.45) is 6.61. The van der Waals surface area contributed by atoms with Crippen LogP contribution < -0.4 is 10.3 Å². The summed E-state index contributed by atoms with van der Waals surface area (Å²) in [6.45, 7) is 5.64. The van der Waals surface area contributed by atoms with Gasteiger partial charge in [0.05, 0.1) is 11.2 Å². The number of aryl methyl sites for hydroxylation is 1. The van der Waals surface area contributed by atoms with Gasteiger partial charge in [0.2, 0.25) is 6.34 Å². The quantitative estimate of drug-likeness (QED) is 0.355. The van der Waals surface area contributed by atoms with E-state index in [1.807, 2.05) is 24.7 Å². The van der Waals surface area contributed by atoms with Gasteiger partial charge < -0.3 is 10.7 Å². The van der Waals surface area contributed by atoms with Gasteiger partial charge in [-0.25, -0.2) is 0 Å². The molecule has 0 amide bonds. The summed E-state index contributed by atoms with van der Waals surface area (Å²) in [6, 6.07) is 0. The number of aliphatic imine (C=N–C) groups is 1. The summed E-state index contributed by atoms with van der Waals surface area (Å²) in [5.41, 5.74) is 6.32. The van der Waals surface area contributed by atoms with Crippen LogP contribution in [0.3, 0.4) is 0 Å². The summed E-state index contributed by atoms with van der Waals surface area (Å²) < 4.78 is 3.66. The lowest BCUT2D eigenvalue weighted by Gasteiger charge is -1.89. The summed E-state index contributed by atoms with van der Waals surface area (Å²) in [7, 11) is 1.86. The molecule has 1 heterocycles. The summed E-state index contributed by atoms with van der Waals surface area (Å²) >= 11 is 0. The molecule has 0 fully saturated rings. The number of hydrogen-bond donors (Lipinski definition) is 2. The first kappa shape index (κ1) is 10.2. The molecular formula is C9H15N5+2. The van der Waals surface area contributed by atoms with Crippen LogP contribution in [0.1, 0.15) is 5.69 Å². The Morgan fingerprint density at radius 3 is 2.93 bits per heavy atom. The minimum absolute atomic E-state index is 0.696. The largest absolute Gasteiger partial charge is 0.589 e. The molecule has 1 aromatic heterocycles. The van der Waals surface area contributed by atoms with E-state index < -0.39 is 0 Å². The van der Waals surface area contributed by atoms with E-state index in [1.165, 1.54) is 6.34 Å². The molecule has 3 N–H and O–H groups in total. The van der Waals surface area contributed by atoms with Crippen LogP contribution in [-0.4, -0.2) is 28.9 Å². The summed E-state index contributed by atoms with van der Waals surface area (Å²) in [5, 5.41) is 0. The molecule has 1 rings (SSSR count). The van der Waals surface area contributed by atoms with E-state index in [1.54, 1.807) is 17.1 Å². The van der Waals surface area contributed by atoms with Gasteiger partial charge in [0.25, 0.3) is 0 Å². The van der Waals surface area contributed by atoms with Gasteiger partial charge in [0.15, 0.2) is 12.0 Å². The molecule has 0 bridgehead atoms. The Hall–Kier alpha value is -1.91. The highest BCUT2D eigenvalue weighted by molar-refractivity contribution is 5.76. The molecule has 1 aromatic rings. The molecule has 0 aliphatic heterocycles. The first-order valence-corrected chi connectivity index (χ1v) is 4.22. The predicted molar refractivity (Wildman–Crippen MR) is 55.2 cm³/mol. The van der Waals surface area contributed by atoms with Crippen molar-refractivity contribution in [3.63, 3.8) is 0 Å². The van der Waals surface area contributed by atoms with Gasteiger partial charge in [-0.2, -0.15) is 4.58 Å². The van der Waals surface area contributed by atoms with Crippen LogP contribution in [0.4, 0.5) is 0 Å². The average molecular weight is 193 g/mol. The van der Waals surface area contributed by atoms with Crippen LogP contribution in [0, 0.1) is 6.92 Å². The SMILES string of the molecule is C=C/[N+](C)=C(\N=C/N)[n+]1c[nH]cc1C. The van der Waals surface area contributed by atoms with E-state index in [9.17, 15) is 0 Å². The number of nitrogens with one attached hydrogen (secondary N) is 1. The van der Waals surface area contributed by atoms with E-state index >= 15 is 0 Å². The van der Waals surface area contributed by atoms with Crippen molar-refractivity contribution in [1.29, 1.82) is 0 Å². The molecule has 0 atom stereocenters. The van der Waals surface area contributed by atoms with Crippen molar-refractivity contribution in [3.8, 4) is 0 Å². The second-order valence-electron chi connectivity index (χ2n) is 2.82. The normalized spacial score (nSPS) is 13.0. The minimum Gasteiger partial charge on any atom is -0.362 e. The van der Waals surface area contributed by atoms with E-state index in [0.717, 1.165) is 5.69 Å². The van der Waals surface area contributed by atoms with Crippen LogP contribution in [0.25, 0.3) is 0 Å². The Morgan fingerprint density at radius 2 is 2.50 bits per heavy atom. The molecule has 74 valence electrons. The van der Waals surface area contributed by atoms with Crippen molar-refractivity contribution in [1.82, 2.24) is 4.98 Å². The monoisotopic (exact) mass is 193 g/mol. The molecule has 0 aliphatic rings. The van der Waals surface area contributed by atoms with Gasteiger partial charge in [-0.3, -0.25) is 0 Å². The molecule has 5 nitrogen and oxygen atoms in total. The summed E-state index contributed by atoms with van der Waals surface area (Å²) in [4.78, 5) is 7.05. The van der Waals surface area contributed by atoms with E-state index in [0.29, 0.717) is 5.96 Å². The number of hydrogen-bond acceptors (Lipinski definition) is 0. The molecule has 0 radical (unpaired) electrons. The predicted octanol–water partition coefficient (Wildman–Crippen LogP) is -0.412. The maximum atomic E-state index is 5.28. The highest BCUT2D eigenvalue weighted by Gasteiger charge is 2.24. The van der Waals surface area contributed by atoms with Crippen molar-refractivity contribution in [3.05, 3.63) is 31.0 Å². The smallest absolute Gasteiger partial charge is 0.362 e. The first-order valence-electron chi connectivity index (χ1n) is 4.22. The third-order valence-electron chi connectivity index (χ3n) is 1.87. The fourth-order valence-electron chi connectivity index (χ4n) is 1.09. The highest BCUT2D eigenvalue weighted by atomic mass is 15.3. The van der Waals surface area contributed by atoms with E-state index in [-0.39, 0.29) is 0 Å². The third-order valence-corrected chi connectivity index (χ3v) is 1.87. The highest BCUT2D eigenvalue weighted by Crippen LogP contribution is 1.86. The fourth-order valence-corrected chi connectivity index (χ4v) is 1.09. The van der Waals surface area contributed by atoms with Crippen molar-refractivity contribution in [2.45, 2.75) is 6.92 Å². The van der Waals surface area contributed by atoms with Gasteiger partial charge in [0, 0.05) is 6.92 Å². The van der Waals surface area contributed by atoms with Gasteiger partial charge in [-0.05, 0) is 0 Å². The van der Waals surface area contributed by atoms with Crippen LogP contribution in [0.5, 0.6) is 0 Å². The molecule has 0 saturated heterocycles. The Morgan fingerprint density at radius 1 is 1.79 bits per heavy atom. The Balaban J connectivity index is 3.27. The third kappa shape index (κ3) is 1.87. The van der Waals surface area contributed by atoms with Crippen LogP contribution >= 0.6 is 0 Å². The van der Waals surface area contributed by atoms with Crippen molar-refractivity contribution in [2.24, 2.45) is 10.7 Å². The molecule has 0 spiro atoms. The summed E-state index contributed by atoms with van der Waals surface area (Å²) in [5.74, 6) is 0.696. The number of H-pyrrole nitrogens is 1. The molecule has 0 unspecified atom stereocenters. The number of nitrogens with zero attached hydrogens (tertiary/aromatic N) is 3. The van der Waals surface area contributed by atoms with Gasteiger partial charge in [-0.15, -0.1) is 4.57 Å². The lowest BCUT2D eigenvalue weighted by molar-refractivity contribution is -0.620. The number of aromatic nitrogens is 2. The molecular weight excluding hydrogens is 178 g/mol. The lowest BCUT2D eigenvalue weighted by atomic mass is 10.5. The molecule has 5 heteroatoms. The van der Waals surface area contributed by atoms with E-state index in [2.05, 4.69) is 16.6 Å². The Labute approximate surface area is 82.9 Å². The Kier molecular flexibility index (Phi) is 3.17. The number of aromatic amines is 1. The minimum atomic E-state index is 0.696. The fraction of sp³-hybridized carbons (Fsp3) is 0.222. The van der Waals surface area contributed by atoms with Crippen LogP contribution in [0.15, 0.2) is 30.3 Å². The number of imidazole rings is 1. The molecule has 0 saturated carbocycles. The average Bonchev–Trinajstić information content (AvgIpc) is 2.60. The van der Waals surface area contributed by atoms with Crippen molar-refractivity contribution >= 4 is 12.3 Å². The topological polar surface area (TPSA) is 61.1 Å². The van der Waals surface area contributed by atoms with Crippen LogP contribution in [0.2, 0.25) is 0 Å². The second-order valence-corrected chi connectivity index (χ2v) is 2.82. The lowest BCUT2D eigenvalue weighted by Crippen LogP contribution is -2.46. The number of rotatable bonds is 1. The zero-order valence-electron chi connectivity index (χ0n) is 8.44. The molecule has 0 aromatic carbocycles. The van der Waals surface area contributed by atoms with E-state index in [4.69, 9.17) is 5.73 Å². The van der Waals surface area contributed by atoms with Gasteiger partial charge in [-0.1, -0.05) is 6.58 Å². The first-order chi connectivity index (χ1) is 6.70.